The summed E-state index contributed by atoms with van der Waals surface area (Å²) in [5, 5.41) is 12.3. The molecule has 3 rings (SSSR count). The zero-order valence-corrected chi connectivity index (χ0v) is 12.3. The number of nitro benzene ring substituents is 1. The number of nitro groups is 1. The van der Waals surface area contributed by atoms with Gasteiger partial charge in [0.05, 0.1) is 17.9 Å². The van der Waals surface area contributed by atoms with Crippen molar-refractivity contribution < 1.29 is 9.72 Å². The molecule has 0 fully saturated rings. The Morgan fingerprint density at radius 3 is 2.65 bits per heavy atom. The van der Waals surface area contributed by atoms with Crippen molar-refractivity contribution in [1.29, 1.82) is 0 Å². The molecular formula is C17H15N3O3. The summed E-state index contributed by atoms with van der Waals surface area (Å²) in [5.41, 5.74) is 5.86. The first-order chi connectivity index (χ1) is 11.1. The molecule has 1 amide bonds. The van der Waals surface area contributed by atoms with E-state index in [1.165, 1.54) is 12.1 Å². The second kappa shape index (κ2) is 6.31. The van der Waals surface area contributed by atoms with Crippen molar-refractivity contribution in [3.8, 4) is 0 Å². The van der Waals surface area contributed by atoms with Crippen LogP contribution in [-0.2, 0) is 17.8 Å². The van der Waals surface area contributed by atoms with Gasteiger partial charge < -0.3 is 0 Å². The van der Waals surface area contributed by atoms with Crippen molar-refractivity contribution >= 4 is 17.7 Å². The molecule has 0 aliphatic carbocycles. The number of benzene rings is 2. The maximum atomic E-state index is 12.1. The van der Waals surface area contributed by atoms with E-state index < -0.39 is 4.92 Å². The van der Waals surface area contributed by atoms with E-state index in [-0.39, 0.29) is 18.0 Å². The number of amides is 1. The number of hydrogen-bond donors (Lipinski definition) is 1. The van der Waals surface area contributed by atoms with Crippen LogP contribution in [0.1, 0.15) is 16.7 Å². The Labute approximate surface area is 133 Å². The largest absolute Gasteiger partial charge is 0.288 e. The van der Waals surface area contributed by atoms with Crippen molar-refractivity contribution in [1.82, 2.24) is 10.4 Å². The Balaban J connectivity index is 1.59. The van der Waals surface area contributed by atoms with Gasteiger partial charge in [0.2, 0.25) is 5.91 Å². The number of rotatable bonds is 4. The smallest absolute Gasteiger partial charge is 0.269 e. The molecule has 0 saturated carbocycles. The molecule has 0 saturated heterocycles. The summed E-state index contributed by atoms with van der Waals surface area (Å²) in [4.78, 5) is 22.2. The molecule has 116 valence electrons. The number of fused-ring (bicyclic) bond motifs is 1. The average Bonchev–Trinajstić information content (AvgIpc) is 2.55. The van der Waals surface area contributed by atoms with Crippen molar-refractivity contribution in [3.05, 3.63) is 81.5 Å². The van der Waals surface area contributed by atoms with Gasteiger partial charge in [-0.05, 0) is 22.8 Å². The number of non-ortho nitro benzene ring substituents is 1. The maximum absolute atomic E-state index is 12.1. The molecule has 0 radical (unpaired) electrons. The first-order valence-corrected chi connectivity index (χ1v) is 7.17. The lowest BCUT2D eigenvalue weighted by Gasteiger charge is -2.25. The SMILES string of the molecule is O=C(Cc1ccc([N+](=O)[O-])cc1)NN1C=Cc2ccccc2C1. The number of nitrogens with one attached hydrogen (secondary N) is 1. The predicted octanol–water partition coefficient (Wildman–Crippen LogP) is 2.66. The number of hydrazine groups is 1. The third kappa shape index (κ3) is 3.55. The third-order valence-electron chi connectivity index (χ3n) is 3.61. The first kappa shape index (κ1) is 14.8. The molecule has 0 bridgehead atoms. The minimum Gasteiger partial charge on any atom is -0.288 e. The van der Waals surface area contributed by atoms with Crippen LogP contribution >= 0.6 is 0 Å². The van der Waals surface area contributed by atoms with Crippen LogP contribution in [0.4, 0.5) is 5.69 Å². The van der Waals surface area contributed by atoms with Gasteiger partial charge in [-0.15, -0.1) is 0 Å². The molecule has 1 aliphatic rings. The van der Waals surface area contributed by atoms with Crippen LogP contribution in [0.3, 0.4) is 0 Å². The van der Waals surface area contributed by atoms with E-state index in [1.54, 1.807) is 17.1 Å². The van der Waals surface area contributed by atoms with Gasteiger partial charge in [0, 0.05) is 18.3 Å². The second-order valence-corrected chi connectivity index (χ2v) is 5.28. The van der Waals surface area contributed by atoms with Crippen LogP contribution in [0.15, 0.2) is 54.7 Å². The van der Waals surface area contributed by atoms with Gasteiger partial charge in [0.15, 0.2) is 0 Å². The summed E-state index contributed by atoms with van der Waals surface area (Å²) in [7, 11) is 0. The summed E-state index contributed by atoms with van der Waals surface area (Å²) in [6, 6.07) is 14.0. The van der Waals surface area contributed by atoms with Crippen molar-refractivity contribution in [2.24, 2.45) is 0 Å². The van der Waals surface area contributed by atoms with E-state index in [2.05, 4.69) is 5.43 Å². The van der Waals surface area contributed by atoms with Gasteiger partial charge in [-0.3, -0.25) is 25.3 Å². The van der Waals surface area contributed by atoms with Crippen molar-refractivity contribution in [3.63, 3.8) is 0 Å². The van der Waals surface area contributed by atoms with Gasteiger partial charge in [-0.2, -0.15) is 0 Å². The van der Waals surface area contributed by atoms with Crippen molar-refractivity contribution in [2.45, 2.75) is 13.0 Å². The van der Waals surface area contributed by atoms with Crippen LogP contribution in [0.2, 0.25) is 0 Å². The first-order valence-electron chi connectivity index (χ1n) is 7.17. The van der Waals surface area contributed by atoms with E-state index in [0.29, 0.717) is 6.54 Å². The van der Waals surface area contributed by atoms with Crippen LogP contribution in [0.5, 0.6) is 0 Å². The number of carbonyl (C=O) groups is 1. The summed E-state index contributed by atoms with van der Waals surface area (Å²) in [6.07, 6.45) is 3.95. The van der Waals surface area contributed by atoms with Crippen LogP contribution < -0.4 is 5.43 Å². The van der Waals surface area contributed by atoms with E-state index in [0.717, 1.165) is 16.7 Å². The van der Waals surface area contributed by atoms with Gasteiger partial charge in [0.1, 0.15) is 0 Å². The quantitative estimate of drug-likeness (QED) is 0.696. The minimum absolute atomic E-state index is 0.0183. The van der Waals surface area contributed by atoms with E-state index in [1.807, 2.05) is 36.5 Å². The second-order valence-electron chi connectivity index (χ2n) is 5.28. The number of hydrogen-bond acceptors (Lipinski definition) is 4. The Kier molecular flexibility index (Phi) is 4.05. The molecule has 0 spiro atoms. The monoisotopic (exact) mass is 309 g/mol. The van der Waals surface area contributed by atoms with Crippen molar-refractivity contribution in [2.75, 3.05) is 0 Å². The summed E-state index contributed by atoms with van der Waals surface area (Å²) in [5.74, 6) is -0.164. The molecule has 1 N–H and O–H groups in total. The fourth-order valence-corrected chi connectivity index (χ4v) is 2.44. The Hall–Kier alpha value is -3.15. The highest BCUT2D eigenvalue weighted by Crippen LogP contribution is 2.18. The summed E-state index contributed by atoms with van der Waals surface area (Å²) >= 11 is 0. The highest BCUT2D eigenvalue weighted by molar-refractivity contribution is 5.78. The molecule has 2 aromatic rings. The van der Waals surface area contributed by atoms with Gasteiger partial charge >= 0.3 is 0 Å². The molecule has 1 heterocycles. The summed E-state index contributed by atoms with van der Waals surface area (Å²) in [6.45, 7) is 0.610. The minimum atomic E-state index is -0.459. The highest BCUT2D eigenvalue weighted by Gasteiger charge is 2.13. The highest BCUT2D eigenvalue weighted by atomic mass is 16.6. The molecule has 0 unspecified atom stereocenters. The van der Waals surface area contributed by atoms with Gasteiger partial charge in [-0.1, -0.05) is 36.4 Å². The molecule has 0 atom stereocenters. The standard InChI is InChI=1S/C17H15N3O3/c21-17(11-13-5-7-16(8-6-13)20(22)23)18-19-10-9-14-3-1-2-4-15(14)12-19/h1-10H,11-12H2,(H,18,21). The maximum Gasteiger partial charge on any atom is 0.269 e. The molecule has 23 heavy (non-hydrogen) atoms. The zero-order chi connectivity index (χ0) is 16.2. The summed E-state index contributed by atoms with van der Waals surface area (Å²) < 4.78 is 0. The molecule has 6 nitrogen and oxygen atoms in total. The normalized spacial score (nSPS) is 12.6. The fraction of sp³-hybridized carbons (Fsp3) is 0.118. The fourth-order valence-electron chi connectivity index (χ4n) is 2.44. The topological polar surface area (TPSA) is 75.5 Å². The Bertz CT molecular complexity index is 769. The van der Waals surface area contributed by atoms with E-state index in [4.69, 9.17) is 0 Å². The molecule has 0 aromatic heterocycles. The predicted molar refractivity (Wildman–Crippen MR) is 86.0 cm³/mol. The van der Waals surface area contributed by atoms with E-state index in [9.17, 15) is 14.9 Å². The molecule has 1 aliphatic heterocycles. The average molecular weight is 309 g/mol. The van der Waals surface area contributed by atoms with Gasteiger partial charge in [-0.25, -0.2) is 0 Å². The van der Waals surface area contributed by atoms with Crippen LogP contribution in [0, 0.1) is 10.1 Å². The lowest BCUT2D eigenvalue weighted by molar-refractivity contribution is -0.384. The molecule has 6 heteroatoms. The van der Waals surface area contributed by atoms with Crippen LogP contribution in [0.25, 0.3) is 6.08 Å². The van der Waals surface area contributed by atoms with Crippen LogP contribution in [-0.4, -0.2) is 15.8 Å². The lowest BCUT2D eigenvalue weighted by atomic mass is 10.1. The third-order valence-corrected chi connectivity index (χ3v) is 3.61. The van der Waals surface area contributed by atoms with Gasteiger partial charge in [0.25, 0.3) is 5.69 Å². The Morgan fingerprint density at radius 2 is 1.91 bits per heavy atom. The molecule has 2 aromatic carbocycles. The number of carbonyl (C=O) groups excluding carboxylic acids is 1. The lowest BCUT2D eigenvalue weighted by Crippen LogP contribution is -2.39. The zero-order valence-electron chi connectivity index (χ0n) is 12.3. The molecular weight excluding hydrogens is 294 g/mol. The Morgan fingerprint density at radius 1 is 1.17 bits per heavy atom. The van der Waals surface area contributed by atoms with E-state index >= 15 is 0 Å². The number of nitrogens with zero attached hydrogens (tertiary/aromatic N) is 2.